The van der Waals surface area contributed by atoms with Crippen molar-refractivity contribution in [3.8, 4) is 0 Å². The molecule has 2 aliphatic heterocycles. The summed E-state index contributed by atoms with van der Waals surface area (Å²) in [5, 5.41) is 51.4. The van der Waals surface area contributed by atoms with Crippen molar-refractivity contribution in [2.24, 2.45) is 5.92 Å². The van der Waals surface area contributed by atoms with Gasteiger partial charge in [0.2, 0.25) is 11.8 Å². The first-order valence-electron chi connectivity index (χ1n) is 41.9. The van der Waals surface area contributed by atoms with E-state index >= 15 is 0 Å². The van der Waals surface area contributed by atoms with Crippen LogP contribution in [0.2, 0.25) is 0 Å². The molecule has 6 N–H and O–H groups in total. The van der Waals surface area contributed by atoms with Crippen LogP contribution in [0.1, 0.15) is 395 Å². The number of hydrogen-bond acceptors (Lipinski definition) is 16. The maximum absolute atomic E-state index is 14.7. The highest BCUT2D eigenvalue weighted by atomic mass is 16.7. The molecule has 0 aliphatic carbocycles. The highest BCUT2D eigenvalue weighted by Crippen LogP contribution is 2.33. The van der Waals surface area contributed by atoms with Gasteiger partial charge in [-0.25, -0.2) is 0 Å². The number of carbonyl (C=O) groups excluding carboxylic acids is 5. The largest absolute Gasteiger partial charge is 0.462 e. The van der Waals surface area contributed by atoms with Gasteiger partial charge in [-0.2, -0.15) is 0 Å². The summed E-state index contributed by atoms with van der Waals surface area (Å²) in [5.74, 6) is -3.33. The molecule has 2 amide bonds. The molecule has 0 saturated carbocycles. The first-order valence-corrected chi connectivity index (χ1v) is 41.9. The standard InChI is InChI=1S/C82H154N2O16/c1-8-13-18-23-28-33-34-39-44-49-54-59-74(91)99-79-65(6)69(63-85)97-82(76(79)84-72(89)62-68(57-52-47-42-37-31-26-21-16-11-4)96-73(90)58-53-48-43-38-32-27-22-17-12-5)95-64-70-78(93)80(100-75(92)61-67(87)56-51-46-41-36-30-25-20-15-10-3)77(81(94-7)98-70)83-71(88)60-66(86)55-50-45-40-35-29-24-19-14-9-2/h65-70,76-82,85-87,93H,8-64H2,1-7H3,(H,83,88)(H,84,89)/t65?,66-,67-,68-,69?,70?,76?,77?,78?,79?,80?,81?,82?/m0/s1. The monoisotopic (exact) mass is 1420 g/mol. The van der Waals surface area contributed by atoms with Crippen LogP contribution < -0.4 is 10.6 Å². The molecule has 0 aromatic heterocycles. The first-order chi connectivity index (χ1) is 48.7. The van der Waals surface area contributed by atoms with E-state index in [0.717, 1.165) is 122 Å². The van der Waals surface area contributed by atoms with E-state index in [0.29, 0.717) is 32.1 Å². The van der Waals surface area contributed by atoms with Gasteiger partial charge < -0.3 is 64.2 Å². The topological polar surface area (TPSA) is 255 Å². The Labute approximate surface area is 609 Å². The number of amides is 2. The van der Waals surface area contributed by atoms with Gasteiger partial charge in [0.1, 0.15) is 36.5 Å². The fraction of sp³-hybridized carbons (Fsp3) is 0.939. The molecular formula is C82H154N2O16. The highest BCUT2D eigenvalue weighted by molar-refractivity contribution is 5.78. The van der Waals surface area contributed by atoms with Crippen LogP contribution in [0.3, 0.4) is 0 Å². The molecule has 2 heterocycles. The van der Waals surface area contributed by atoms with E-state index in [-0.39, 0.29) is 38.1 Å². The number of carbonyl (C=O) groups is 5. The molecule has 2 fully saturated rings. The summed E-state index contributed by atoms with van der Waals surface area (Å²) < 4.78 is 43.8. The summed E-state index contributed by atoms with van der Waals surface area (Å²) in [4.78, 5) is 70.1. The minimum absolute atomic E-state index is 0.139. The van der Waals surface area contributed by atoms with Gasteiger partial charge in [-0.15, -0.1) is 0 Å². The molecule has 2 saturated heterocycles. The SMILES string of the molecule is CCCCCCCCCCCCCC(=O)OC1C(C)C(CO)OC(OCC2OC(OC)C(NC(=O)C[C@@H](O)CCCCCCCCCCC)C(OC(=O)C[C@@H](O)CCCCCCCCCCC)C2O)C1NC(=O)C[C@H](CCCCCCCCCCC)OC(=O)CCCCCCCCCCC. The fourth-order valence-corrected chi connectivity index (χ4v) is 14.2. The highest BCUT2D eigenvalue weighted by Gasteiger charge is 2.51. The van der Waals surface area contributed by atoms with Gasteiger partial charge in [-0.1, -0.05) is 324 Å². The van der Waals surface area contributed by atoms with Crippen LogP contribution in [0.4, 0.5) is 0 Å². The van der Waals surface area contributed by atoms with Gasteiger partial charge in [-0.05, 0) is 38.5 Å². The average Bonchev–Trinajstić information content (AvgIpc) is 0.795. The predicted octanol–water partition coefficient (Wildman–Crippen LogP) is 18.1. The molecule has 0 bridgehead atoms. The summed E-state index contributed by atoms with van der Waals surface area (Å²) in [6, 6.07) is -2.45. The Morgan fingerprint density at radius 3 is 1.15 bits per heavy atom. The second-order valence-corrected chi connectivity index (χ2v) is 30.0. The van der Waals surface area contributed by atoms with Gasteiger partial charge in [0.05, 0.1) is 50.8 Å². The minimum Gasteiger partial charge on any atom is -0.462 e. The van der Waals surface area contributed by atoms with Crippen LogP contribution in [0.5, 0.6) is 0 Å². The molecule has 13 atom stereocenters. The van der Waals surface area contributed by atoms with E-state index in [9.17, 15) is 44.4 Å². The lowest BCUT2D eigenvalue weighted by molar-refractivity contribution is -0.297. The lowest BCUT2D eigenvalue weighted by Crippen LogP contribution is -2.67. The number of rotatable bonds is 68. The molecule has 2 aliphatic rings. The normalized spacial score (nSPS) is 21.7. The third kappa shape index (κ3) is 46.1. The zero-order valence-electron chi connectivity index (χ0n) is 65.0. The third-order valence-corrected chi connectivity index (χ3v) is 20.7. The van der Waals surface area contributed by atoms with E-state index < -0.39 is 116 Å². The minimum atomic E-state index is -1.68. The molecule has 100 heavy (non-hydrogen) atoms. The van der Waals surface area contributed by atoms with Crippen LogP contribution in [-0.2, 0) is 57.1 Å². The fourth-order valence-electron chi connectivity index (χ4n) is 14.2. The third-order valence-electron chi connectivity index (χ3n) is 20.7. The smallest absolute Gasteiger partial charge is 0.308 e. The number of methoxy groups -OCH3 is 1. The summed E-state index contributed by atoms with van der Waals surface area (Å²) in [6.07, 6.45) is 40.9. The van der Waals surface area contributed by atoms with Gasteiger partial charge in [-0.3, -0.25) is 24.0 Å². The molecule has 0 aromatic rings. The second kappa shape index (κ2) is 63.3. The lowest BCUT2D eigenvalue weighted by Gasteiger charge is -2.46. The Morgan fingerprint density at radius 2 is 0.740 bits per heavy atom. The van der Waals surface area contributed by atoms with E-state index in [1.165, 1.54) is 174 Å². The van der Waals surface area contributed by atoms with Crippen molar-refractivity contribution in [2.45, 2.75) is 468 Å². The number of esters is 3. The van der Waals surface area contributed by atoms with Crippen LogP contribution >= 0.6 is 0 Å². The molecule has 18 heteroatoms. The summed E-state index contributed by atoms with van der Waals surface area (Å²) in [6.45, 7) is 11.9. The molecule has 0 radical (unpaired) electrons. The molecular weight excluding hydrogens is 1270 g/mol. The van der Waals surface area contributed by atoms with Crippen LogP contribution in [0.25, 0.3) is 0 Å². The maximum atomic E-state index is 14.7. The Balaban J connectivity index is 2.46. The summed E-state index contributed by atoms with van der Waals surface area (Å²) in [7, 11) is 1.35. The average molecular weight is 1420 g/mol. The Morgan fingerprint density at radius 1 is 0.400 bits per heavy atom. The van der Waals surface area contributed by atoms with E-state index in [2.05, 4.69) is 45.3 Å². The molecule has 2 rings (SSSR count). The number of hydrogen-bond donors (Lipinski definition) is 6. The van der Waals surface area contributed by atoms with E-state index in [4.69, 9.17) is 33.2 Å². The van der Waals surface area contributed by atoms with Gasteiger partial charge in [0.25, 0.3) is 0 Å². The molecule has 0 spiro atoms. The molecule has 0 aromatic carbocycles. The quantitative estimate of drug-likeness (QED) is 0.0188. The van der Waals surface area contributed by atoms with Crippen molar-refractivity contribution in [3.05, 3.63) is 0 Å². The number of aliphatic hydroxyl groups excluding tert-OH is 4. The van der Waals surface area contributed by atoms with E-state index in [1.54, 1.807) is 6.92 Å². The number of nitrogens with one attached hydrogen (secondary N) is 2. The van der Waals surface area contributed by atoms with Gasteiger partial charge >= 0.3 is 17.9 Å². The van der Waals surface area contributed by atoms with Crippen LogP contribution in [0, 0.1) is 5.92 Å². The lowest BCUT2D eigenvalue weighted by atomic mass is 9.88. The van der Waals surface area contributed by atoms with Gasteiger partial charge in [0.15, 0.2) is 18.7 Å². The molecule has 18 nitrogen and oxygen atoms in total. The van der Waals surface area contributed by atoms with Crippen molar-refractivity contribution in [1.82, 2.24) is 10.6 Å². The van der Waals surface area contributed by atoms with Crippen molar-refractivity contribution >= 4 is 29.7 Å². The van der Waals surface area contributed by atoms with Crippen molar-refractivity contribution in [2.75, 3.05) is 20.3 Å². The zero-order valence-corrected chi connectivity index (χ0v) is 65.0. The number of ether oxygens (including phenoxy) is 7. The second-order valence-electron chi connectivity index (χ2n) is 30.0. The molecule has 588 valence electrons. The van der Waals surface area contributed by atoms with Crippen molar-refractivity contribution in [3.63, 3.8) is 0 Å². The first kappa shape index (κ1) is 93.1. The number of aliphatic hydroxyl groups is 4. The van der Waals surface area contributed by atoms with Crippen molar-refractivity contribution in [1.29, 1.82) is 0 Å². The maximum Gasteiger partial charge on any atom is 0.308 e. The van der Waals surface area contributed by atoms with Crippen molar-refractivity contribution < 1.29 is 77.6 Å². The number of unbranched alkanes of at least 4 members (excludes halogenated alkanes) is 42. The molecule has 10 unspecified atom stereocenters. The van der Waals surface area contributed by atoms with Crippen LogP contribution in [-0.4, -0.2) is 144 Å². The van der Waals surface area contributed by atoms with Crippen LogP contribution in [0.15, 0.2) is 0 Å². The Bertz CT molecular complexity index is 1970. The van der Waals surface area contributed by atoms with E-state index in [1.807, 2.05) is 0 Å². The van der Waals surface area contributed by atoms with Gasteiger partial charge in [0, 0.05) is 25.9 Å². The zero-order chi connectivity index (χ0) is 73.1. The Hall–Kier alpha value is -2.97. The summed E-state index contributed by atoms with van der Waals surface area (Å²) >= 11 is 0. The predicted molar refractivity (Wildman–Crippen MR) is 400 cm³/mol. The Kier molecular flexibility index (Phi) is 59.0. The summed E-state index contributed by atoms with van der Waals surface area (Å²) in [5.41, 5.74) is 0.